The van der Waals surface area contributed by atoms with Gasteiger partial charge in [0.05, 0.1) is 12.7 Å². The first-order valence-corrected chi connectivity index (χ1v) is 9.75. The van der Waals surface area contributed by atoms with Gasteiger partial charge in [-0.3, -0.25) is 9.59 Å². The summed E-state index contributed by atoms with van der Waals surface area (Å²) in [6.07, 6.45) is 4.09. The van der Waals surface area contributed by atoms with Crippen molar-refractivity contribution in [2.45, 2.75) is 52.6 Å². The van der Waals surface area contributed by atoms with E-state index in [1.807, 2.05) is 44.2 Å². The third-order valence-electron chi connectivity index (χ3n) is 5.67. The molecule has 0 fully saturated rings. The third-order valence-corrected chi connectivity index (χ3v) is 5.67. The summed E-state index contributed by atoms with van der Waals surface area (Å²) in [5.74, 6) is -0.588. The average molecular weight is 376 g/mol. The van der Waals surface area contributed by atoms with Gasteiger partial charge in [0.15, 0.2) is 6.10 Å². The maximum absolute atomic E-state index is 12.7. The van der Waals surface area contributed by atoms with Crippen LogP contribution in [0, 0.1) is 13.8 Å². The van der Waals surface area contributed by atoms with Crippen molar-refractivity contribution in [3.63, 3.8) is 0 Å². The normalized spacial score (nSPS) is 14.1. The molecule has 0 aliphatic heterocycles. The van der Waals surface area contributed by atoms with Crippen LogP contribution in [0.1, 0.15) is 51.5 Å². The van der Waals surface area contributed by atoms with Crippen molar-refractivity contribution >= 4 is 22.7 Å². The Morgan fingerprint density at radius 3 is 2.64 bits per heavy atom. The second-order valence-electron chi connectivity index (χ2n) is 7.70. The molecule has 1 aromatic heterocycles. The van der Waals surface area contributed by atoms with E-state index in [2.05, 4.69) is 0 Å². The number of furan rings is 1. The van der Waals surface area contributed by atoms with Crippen LogP contribution in [-0.2, 0) is 28.8 Å². The van der Waals surface area contributed by atoms with Crippen LogP contribution in [0.4, 0.5) is 0 Å². The number of fused-ring (bicyclic) bond motifs is 2. The quantitative estimate of drug-likeness (QED) is 0.470. The molecule has 0 bridgehead atoms. The Morgan fingerprint density at radius 1 is 1.07 bits per heavy atom. The highest BCUT2D eigenvalue weighted by molar-refractivity contribution is 6.00. The lowest BCUT2D eigenvalue weighted by molar-refractivity contribution is -0.145. The lowest BCUT2D eigenvalue weighted by Gasteiger charge is -2.13. The SMILES string of the molecule is Cc1cc2occ(CC(=O)O[C@H](C)C(=O)c3ccc4c(c3)CCC4)c2cc1C. The molecule has 4 heteroatoms. The third kappa shape index (κ3) is 3.47. The van der Waals surface area contributed by atoms with E-state index in [4.69, 9.17) is 9.15 Å². The molecule has 144 valence electrons. The maximum atomic E-state index is 12.7. The van der Waals surface area contributed by atoms with Gasteiger partial charge in [0, 0.05) is 16.5 Å². The molecule has 0 spiro atoms. The summed E-state index contributed by atoms with van der Waals surface area (Å²) in [6.45, 7) is 5.69. The van der Waals surface area contributed by atoms with Crippen LogP contribution in [0.2, 0.25) is 0 Å². The lowest BCUT2D eigenvalue weighted by Crippen LogP contribution is -2.25. The summed E-state index contributed by atoms with van der Waals surface area (Å²) in [7, 11) is 0. The Labute approximate surface area is 164 Å². The molecule has 1 aliphatic carbocycles. The van der Waals surface area contributed by atoms with Crippen molar-refractivity contribution in [2.24, 2.45) is 0 Å². The van der Waals surface area contributed by atoms with Crippen molar-refractivity contribution in [3.05, 3.63) is 70.0 Å². The van der Waals surface area contributed by atoms with E-state index >= 15 is 0 Å². The molecule has 4 rings (SSSR count). The molecular weight excluding hydrogens is 352 g/mol. The Bertz CT molecular complexity index is 1070. The molecule has 1 heterocycles. The fourth-order valence-electron chi connectivity index (χ4n) is 3.88. The topological polar surface area (TPSA) is 56.5 Å². The van der Waals surface area contributed by atoms with Gasteiger partial charge in [-0.1, -0.05) is 12.1 Å². The molecule has 1 aliphatic rings. The van der Waals surface area contributed by atoms with Crippen LogP contribution in [-0.4, -0.2) is 17.9 Å². The van der Waals surface area contributed by atoms with Crippen molar-refractivity contribution in [3.8, 4) is 0 Å². The second kappa shape index (κ2) is 7.27. The first kappa shape index (κ1) is 18.5. The standard InChI is InChI=1S/C24H24O4/c1-14-9-21-20(13-27-22(21)10-15(14)2)12-23(25)28-16(3)24(26)19-8-7-17-5-4-6-18(17)11-19/h7-11,13,16H,4-6,12H2,1-3H3/t16-/m1/s1. The van der Waals surface area contributed by atoms with Crippen molar-refractivity contribution in [2.75, 3.05) is 0 Å². The molecule has 4 nitrogen and oxygen atoms in total. The molecule has 2 aromatic carbocycles. The van der Waals surface area contributed by atoms with Crippen LogP contribution >= 0.6 is 0 Å². The van der Waals surface area contributed by atoms with Crippen LogP contribution in [0.15, 0.2) is 41.0 Å². The fourth-order valence-corrected chi connectivity index (χ4v) is 3.88. The predicted octanol–water partition coefficient (Wildman–Crippen LogP) is 4.90. The Morgan fingerprint density at radius 2 is 1.82 bits per heavy atom. The van der Waals surface area contributed by atoms with E-state index in [0.717, 1.165) is 46.9 Å². The highest BCUT2D eigenvalue weighted by Gasteiger charge is 2.22. The number of benzene rings is 2. The van der Waals surface area contributed by atoms with Crippen LogP contribution < -0.4 is 0 Å². The Hall–Kier alpha value is -2.88. The Balaban J connectivity index is 1.45. The monoisotopic (exact) mass is 376 g/mol. The molecule has 1 atom stereocenters. The summed E-state index contributed by atoms with van der Waals surface area (Å²) in [4.78, 5) is 25.1. The number of carbonyl (C=O) groups is 2. The average Bonchev–Trinajstić information content (AvgIpc) is 3.28. The van der Waals surface area contributed by atoms with E-state index in [1.165, 1.54) is 11.1 Å². The van der Waals surface area contributed by atoms with E-state index in [-0.39, 0.29) is 12.2 Å². The van der Waals surface area contributed by atoms with Gasteiger partial charge in [-0.05, 0) is 80.5 Å². The van der Waals surface area contributed by atoms with Gasteiger partial charge < -0.3 is 9.15 Å². The van der Waals surface area contributed by atoms with Gasteiger partial charge in [0.25, 0.3) is 0 Å². The number of hydrogen-bond donors (Lipinski definition) is 0. The van der Waals surface area contributed by atoms with Crippen molar-refractivity contribution in [1.29, 1.82) is 0 Å². The molecular formula is C24H24O4. The zero-order valence-electron chi connectivity index (χ0n) is 16.5. The van der Waals surface area contributed by atoms with E-state index in [1.54, 1.807) is 13.2 Å². The van der Waals surface area contributed by atoms with Crippen molar-refractivity contribution < 1.29 is 18.7 Å². The number of Topliss-reactive ketones (excluding diaryl/α,β-unsaturated/α-hetero) is 1. The highest BCUT2D eigenvalue weighted by Crippen LogP contribution is 2.26. The molecule has 0 radical (unpaired) electrons. The number of ether oxygens (including phenoxy) is 1. The summed E-state index contributed by atoms with van der Waals surface area (Å²) in [6, 6.07) is 9.80. The fraction of sp³-hybridized carbons (Fsp3) is 0.333. The van der Waals surface area contributed by atoms with Gasteiger partial charge in [-0.2, -0.15) is 0 Å². The number of rotatable bonds is 5. The molecule has 0 saturated heterocycles. The van der Waals surface area contributed by atoms with Crippen LogP contribution in [0.25, 0.3) is 11.0 Å². The number of ketones is 1. The van der Waals surface area contributed by atoms with Gasteiger partial charge in [0.1, 0.15) is 5.58 Å². The van der Waals surface area contributed by atoms with Gasteiger partial charge >= 0.3 is 5.97 Å². The zero-order valence-corrected chi connectivity index (χ0v) is 16.5. The van der Waals surface area contributed by atoms with E-state index in [0.29, 0.717) is 5.56 Å². The number of carbonyl (C=O) groups excluding carboxylic acids is 2. The van der Waals surface area contributed by atoms with Gasteiger partial charge in [-0.15, -0.1) is 0 Å². The number of hydrogen-bond acceptors (Lipinski definition) is 4. The molecule has 3 aromatic rings. The largest absolute Gasteiger partial charge is 0.464 e. The zero-order chi connectivity index (χ0) is 19.8. The summed E-state index contributed by atoms with van der Waals surface area (Å²) in [5, 5.41) is 0.914. The smallest absolute Gasteiger partial charge is 0.311 e. The lowest BCUT2D eigenvalue weighted by atomic mass is 10.0. The van der Waals surface area contributed by atoms with E-state index < -0.39 is 12.1 Å². The van der Waals surface area contributed by atoms with Gasteiger partial charge in [0.2, 0.25) is 5.78 Å². The minimum atomic E-state index is -0.811. The molecule has 0 saturated carbocycles. The van der Waals surface area contributed by atoms with Crippen LogP contribution in [0.5, 0.6) is 0 Å². The maximum Gasteiger partial charge on any atom is 0.311 e. The Kier molecular flexibility index (Phi) is 4.80. The van der Waals surface area contributed by atoms with E-state index in [9.17, 15) is 9.59 Å². The molecule has 28 heavy (non-hydrogen) atoms. The minimum absolute atomic E-state index is 0.0807. The highest BCUT2D eigenvalue weighted by atomic mass is 16.5. The summed E-state index contributed by atoms with van der Waals surface area (Å²) < 4.78 is 11.0. The number of aryl methyl sites for hydroxylation is 4. The first-order chi connectivity index (χ1) is 13.4. The number of esters is 1. The van der Waals surface area contributed by atoms with Gasteiger partial charge in [-0.25, -0.2) is 0 Å². The summed E-state index contributed by atoms with van der Waals surface area (Å²) >= 11 is 0. The minimum Gasteiger partial charge on any atom is -0.464 e. The van der Waals surface area contributed by atoms with Crippen LogP contribution in [0.3, 0.4) is 0 Å². The second-order valence-corrected chi connectivity index (χ2v) is 7.70. The first-order valence-electron chi connectivity index (χ1n) is 9.75. The summed E-state index contributed by atoms with van der Waals surface area (Å²) in [5.41, 5.74) is 6.99. The van der Waals surface area contributed by atoms with Crippen molar-refractivity contribution in [1.82, 2.24) is 0 Å². The predicted molar refractivity (Wildman–Crippen MR) is 108 cm³/mol. The molecule has 0 unspecified atom stereocenters. The molecule has 0 N–H and O–H groups in total. The molecule has 0 amide bonds.